The highest BCUT2D eigenvalue weighted by molar-refractivity contribution is 7.71. The molecule has 3 aromatic rings. The van der Waals surface area contributed by atoms with Crippen LogP contribution in [0.4, 0.5) is 4.39 Å². The van der Waals surface area contributed by atoms with Gasteiger partial charge in [-0.25, -0.2) is 4.39 Å². The number of aromatic nitrogens is 3. The average Bonchev–Trinajstić information content (AvgIpc) is 3.04. The minimum absolute atomic E-state index is 0.0577. The molecule has 0 atom stereocenters. The lowest BCUT2D eigenvalue weighted by Crippen LogP contribution is -2.03. The van der Waals surface area contributed by atoms with Gasteiger partial charge in [-0.15, -0.1) is 0 Å². The second-order valence-electron chi connectivity index (χ2n) is 5.12. The molecule has 1 aromatic heterocycles. The van der Waals surface area contributed by atoms with Gasteiger partial charge in [-0.3, -0.25) is 5.10 Å². The van der Waals surface area contributed by atoms with Crippen molar-refractivity contribution in [3.8, 4) is 11.5 Å². The van der Waals surface area contributed by atoms with Crippen molar-refractivity contribution in [2.24, 2.45) is 5.10 Å². The summed E-state index contributed by atoms with van der Waals surface area (Å²) in [5.41, 5.74) is 0.889. The van der Waals surface area contributed by atoms with Gasteiger partial charge in [0.25, 0.3) is 0 Å². The van der Waals surface area contributed by atoms with Gasteiger partial charge < -0.3 is 9.47 Å². The van der Waals surface area contributed by atoms with E-state index in [0.29, 0.717) is 26.9 Å². The Morgan fingerprint density at radius 3 is 2.85 bits per heavy atom. The summed E-state index contributed by atoms with van der Waals surface area (Å²) >= 11 is 11.1. The molecule has 1 heterocycles. The number of rotatable bonds is 6. The molecule has 0 aliphatic carbocycles. The van der Waals surface area contributed by atoms with Crippen LogP contribution in [0, 0.1) is 10.6 Å². The van der Waals surface area contributed by atoms with Crippen molar-refractivity contribution in [1.82, 2.24) is 14.9 Å². The molecule has 134 valence electrons. The van der Waals surface area contributed by atoms with E-state index in [1.54, 1.807) is 30.5 Å². The zero-order chi connectivity index (χ0) is 18.5. The Hall–Kier alpha value is -2.71. The van der Waals surface area contributed by atoms with E-state index in [2.05, 4.69) is 15.3 Å². The summed E-state index contributed by atoms with van der Waals surface area (Å²) in [5.74, 6) is 0.456. The number of hydrogen-bond donors (Lipinski definition) is 1. The van der Waals surface area contributed by atoms with Gasteiger partial charge in [-0.2, -0.15) is 14.9 Å². The number of nitrogens with one attached hydrogen (secondary N) is 1. The minimum atomic E-state index is -0.438. The van der Waals surface area contributed by atoms with E-state index in [1.165, 1.54) is 30.2 Å². The van der Waals surface area contributed by atoms with E-state index in [1.807, 2.05) is 0 Å². The molecule has 0 spiro atoms. The highest BCUT2D eigenvalue weighted by atomic mass is 35.5. The molecule has 6 nitrogen and oxygen atoms in total. The Labute approximate surface area is 158 Å². The van der Waals surface area contributed by atoms with Crippen LogP contribution in [0.5, 0.6) is 11.5 Å². The number of hydrogen-bond acceptors (Lipinski definition) is 5. The van der Waals surface area contributed by atoms with E-state index < -0.39 is 5.82 Å². The third-order valence-corrected chi connectivity index (χ3v) is 4.14. The molecule has 0 saturated heterocycles. The zero-order valence-electron chi connectivity index (χ0n) is 13.6. The van der Waals surface area contributed by atoms with E-state index in [4.69, 9.17) is 33.3 Å². The van der Waals surface area contributed by atoms with Crippen molar-refractivity contribution in [2.45, 2.75) is 6.61 Å². The summed E-state index contributed by atoms with van der Waals surface area (Å²) in [7, 11) is 1.52. The van der Waals surface area contributed by atoms with Crippen molar-refractivity contribution >= 4 is 30.0 Å². The van der Waals surface area contributed by atoms with Crippen LogP contribution in [-0.4, -0.2) is 28.2 Å². The molecule has 1 N–H and O–H groups in total. The van der Waals surface area contributed by atoms with Crippen LogP contribution in [-0.2, 0) is 6.61 Å². The van der Waals surface area contributed by atoms with Gasteiger partial charge in [-0.1, -0.05) is 23.7 Å². The summed E-state index contributed by atoms with van der Waals surface area (Å²) in [6.45, 7) is -0.0577. The lowest BCUT2D eigenvalue weighted by atomic mass is 10.2. The number of methoxy groups -OCH3 is 1. The molecule has 0 fully saturated rings. The summed E-state index contributed by atoms with van der Waals surface area (Å²) in [5, 5.41) is 10.9. The van der Waals surface area contributed by atoms with Crippen molar-refractivity contribution < 1.29 is 13.9 Å². The standard InChI is InChI=1S/C17H14ClFN4O2S/c1-24-15-7-2-4-11(8-21-23-10-20-22-17(23)26)16(15)25-9-12-13(18)5-3-6-14(12)19/h2-8,10H,9H2,1H3,(H,22,26)/b21-8+. The maximum absolute atomic E-state index is 14.0. The number of aromatic amines is 1. The fraction of sp³-hybridized carbons (Fsp3) is 0.118. The average molecular weight is 393 g/mol. The van der Waals surface area contributed by atoms with E-state index in [-0.39, 0.29) is 12.2 Å². The van der Waals surface area contributed by atoms with Crippen molar-refractivity contribution in [2.75, 3.05) is 7.11 Å². The Morgan fingerprint density at radius 1 is 1.35 bits per heavy atom. The third kappa shape index (κ3) is 3.92. The number of ether oxygens (including phenoxy) is 2. The molecular weight excluding hydrogens is 379 g/mol. The first kappa shape index (κ1) is 18.1. The Morgan fingerprint density at radius 2 is 2.15 bits per heavy atom. The van der Waals surface area contributed by atoms with Crippen LogP contribution in [0.3, 0.4) is 0 Å². The summed E-state index contributed by atoms with van der Waals surface area (Å²) in [4.78, 5) is 0. The van der Waals surface area contributed by atoms with Gasteiger partial charge in [0.15, 0.2) is 11.5 Å². The quantitative estimate of drug-likeness (QED) is 0.504. The molecule has 0 saturated carbocycles. The number of para-hydroxylation sites is 1. The van der Waals surface area contributed by atoms with Gasteiger partial charge in [0.1, 0.15) is 18.8 Å². The molecule has 0 amide bonds. The second kappa shape index (κ2) is 8.11. The Bertz CT molecular complexity index is 982. The number of halogens is 2. The largest absolute Gasteiger partial charge is 0.493 e. The van der Waals surface area contributed by atoms with Crippen LogP contribution in [0.15, 0.2) is 47.8 Å². The monoisotopic (exact) mass is 392 g/mol. The SMILES string of the molecule is COc1cccc(/C=N/n2cn[nH]c2=S)c1OCc1c(F)cccc1Cl. The van der Waals surface area contributed by atoms with E-state index >= 15 is 0 Å². The van der Waals surface area contributed by atoms with E-state index in [0.717, 1.165) is 0 Å². The molecule has 3 rings (SSSR count). The third-order valence-electron chi connectivity index (χ3n) is 3.51. The highest BCUT2D eigenvalue weighted by Gasteiger charge is 2.13. The number of benzene rings is 2. The Balaban J connectivity index is 1.91. The highest BCUT2D eigenvalue weighted by Crippen LogP contribution is 2.32. The molecule has 0 aliphatic rings. The summed E-state index contributed by atoms with van der Waals surface area (Å²) in [6.07, 6.45) is 2.99. The van der Waals surface area contributed by atoms with E-state index in [9.17, 15) is 4.39 Å². The maximum atomic E-state index is 14.0. The smallest absolute Gasteiger partial charge is 0.216 e. The molecule has 9 heteroatoms. The molecular formula is C17H14ClFN4O2S. The minimum Gasteiger partial charge on any atom is -0.493 e. The normalized spacial score (nSPS) is 11.0. The fourth-order valence-electron chi connectivity index (χ4n) is 2.21. The Kier molecular flexibility index (Phi) is 5.65. The summed E-state index contributed by atoms with van der Waals surface area (Å²) < 4.78 is 26.9. The summed E-state index contributed by atoms with van der Waals surface area (Å²) in [6, 6.07) is 9.78. The van der Waals surface area contributed by atoms with Gasteiger partial charge in [-0.05, 0) is 36.5 Å². The zero-order valence-corrected chi connectivity index (χ0v) is 15.2. The van der Waals surface area contributed by atoms with Crippen LogP contribution in [0.2, 0.25) is 5.02 Å². The van der Waals surface area contributed by atoms with Crippen molar-refractivity contribution in [3.63, 3.8) is 0 Å². The predicted molar refractivity (Wildman–Crippen MR) is 99.1 cm³/mol. The van der Waals surface area contributed by atoms with Gasteiger partial charge in [0.2, 0.25) is 4.77 Å². The molecule has 0 bridgehead atoms. The molecule has 0 radical (unpaired) electrons. The maximum Gasteiger partial charge on any atom is 0.216 e. The van der Waals surface area contributed by atoms with Crippen molar-refractivity contribution in [3.05, 3.63) is 69.5 Å². The fourth-order valence-corrected chi connectivity index (χ4v) is 2.58. The topological polar surface area (TPSA) is 64.4 Å². The van der Waals surface area contributed by atoms with Crippen LogP contribution >= 0.6 is 23.8 Å². The molecule has 26 heavy (non-hydrogen) atoms. The first-order valence-corrected chi connectivity index (χ1v) is 8.28. The molecule has 0 aliphatic heterocycles. The first-order valence-electron chi connectivity index (χ1n) is 7.49. The molecule has 2 aromatic carbocycles. The van der Waals surface area contributed by atoms with Crippen LogP contribution in [0.1, 0.15) is 11.1 Å². The van der Waals surface area contributed by atoms with Crippen molar-refractivity contribution in [1.29, 1.82) is 0 Å². The lowest BCUT2D eigenvalue weighted by Gasteiger charge is -2.14. The van der Waals surface area contributed by atoms with Gasteiger partial charge in [0.05, 0.1) is 18.3 Å². The molecule has 0 unspecified atom stereocenters. The lowest BCUT2D eigenvalue weighted by molar-refractivity contribution is 0.279. The first-order chi connectivity index (χ1) is 12.6. The van der Waals surface area contributed by atoms with Crippen LogP contribution < -0.4 is 9.47 Å². The number of H-pyrrole nitrogens is 1. The van der Waals surface area contributed by atoms with Gasteiger partial charge >= 0.3 is 0 Å². The number of nitrogens with zero attached hydrogens (tertiary/aromatic N) is 3. The second-order valence-corrected chi connectivity index (χ2v) is 5.91. The van der Waals surface area contributed by atoms with Gasteiger partial charge in [0, 0.05) is 11.1 Å². The predicted octanol–water partition coefficient (Wildman–Crippen LogP) is 4.20. The van der Waals surface area contributed by atoms with Crippen LogP contribution in [0.25, 0.3) is 0 Å².